The molecule has 2 rings (SSSR count). The minimum atomic E-state index is -0.190. The first-order valence-electron chi connectivity index (χ1n) is 6.09. The fourth-order valence-corrected chi connectivity index (χ4v) is 1.66. The van der Waals surface area contributed by atoms with E-state index in [2.05, 4.69) is 27.5 Å². The Morgan fingerprint density at radius 3 is 2.55 bits per heavy atom. The monoisotopic (exact) mass is 319 g/mol. The van der Waals surface area contributed by atoms with Gasteiger partial charge in [0.2, 0.25) is 0 Å². The van der Waals surface area contributed by atoms with Crippen LogP contribution >= 0.6 is 24.8 Å². The zero-order chi connectivity index (χ0) is 12.8. The molecular weight excluding hydrogens is 301 g/mol. The van der Waals surface area contributed by atoms with E-state index in [9.17, 15) is 4.79 Å². The fraction of sp³-hybridized carbons (Fsp3) is 0.417. The zero-order valence-corrected chi connectivity index (χ0v) is 12.8. The molecule has 0 unspecified atom stereocenters. The van der Waals surface area contributed by atoms with Gasteiger partial charge in [-0.2, -0.15) is 0 Å². The van der Waals surface area contributed by atoms with Gasteiger partial charge in [0.15, 0.2) is 11.3 Å². The Morgan fingerprint density at radius 1 is 1.15 bits per heavy atom. The van der Waals surface area contributed by atoms with Crippen molar-refractivity contribution in [2.24, 2.45) is 0 Å². The predicted octanol–water partition coefficient (Wildman–Crippen LogP) is 1.30. The molecule has 2 N–H and O–H groups in total. The number of aromatic nitrogens is 3. The summed E-state index contributed by atoms with van der Waals surface area (Å²) in [5.74, 6) is -0.190. The molecule has 112 valence electrons. The number of nitrogens with zero attached hydrogens (tertiary/aromatic N) is 3. The summed E-state index contributed by atoms with van der Waals surface area (Å²) < 4.78 is 1.78. The summed E-state index contributed by atoms with van der Waals surface area (Å²) >= 11 is 0. The van der Waals surface area contributed by atoms with Crippen LogP contribution in [0.2, 0.25) is 0 Å². The van der Waals surface area contributed by atoms with E-state index in [-0.39, 0.29) is 30.7 Å². The Balaban J connectivity index is 0.00000180. The van der Waals surface area contributed by atoms with Gasteiger partial charge in [0.1, 0.15) is 0 Å². The number of carbonyl (C=O) groups excluding carboxylic acids is 1. The Kier molecular flexibility index (Phi) is 8.87. The van der Waals surface area contributed by atoms with E-state index in [0.717, 1.165) is 19.5 Å². The van der Waals surface area contributed by atoms with Gasteiger partial charge in [-0.05, 0) is 13.0 Å². The number of rotatable bonds is 6. The van der Waals surface area contributed by atoms with Crippen molar-refractivity contribution in [2.75, 3.05) is 19.6 Å². The first-order valence-corrected chi connectivity index (χ1v) is 6.09. The van der Waals surface area contributed by atoms with Gasteiger partial charge < -0.3 is 15.0 Å². The second-order valence-corrected chi connectivity index (χ2v) is 3.94. The quantitative estimate of drug-likeness (QED) is 0.787. The largest absolute Gasteiger partial charge is 0.349 e. The molecule has 0 saturated carbocycles. The summed E-state index contributed by atoms with van der Waals surface area (Å²) in [7, 11) is 0. The number of imidazole rings is 1. The third kappa shape index (κ3) is 4.63. The molecule has 6 nitrogen and oxygen atoms in total. The van der Waals surface area contributed by atoms with Crippen LogP contribution in [-0.4, -0.2) is 39.9 Å². The lowest BCUT2D eigenvalue weighted by atomic mass is 10.4. The van der Waals surface area contributed by atoms with Crippen LogP contribution in [0.5, 0.6) is 0 Å². The van der Waals surface area contributed by atoms with Gasteiger partial charge in [0, 0.05) is 37.9 Å². The number of hydrogen-bond donors (Lipinski definition) is 2. The van der Waals surface area contributed by atoms with Crippen LogP contribution in [0.3, 0.4) is 0 Å². The van der Waals surface area contributed by atoms with Crippen LogP contribution < -0.4 is 10.6 Å². The van der Waals surface area contributed by atoms with Crippen LogP contribution in [0.15, 0.2) is 24.8 Å². The van der Waals surface area contributed by atoms with Crippen molar-refractivity contribution in [3.05, 3.63) is 30.5 Å². The number of halogens is 2. The highest BCUT2D eigenvalue weighted by atomic mass is 35.5. The predicted molar refractivity (Wildman–Crippen MR) is 83.0 cm³/mol. The molecule has 1 amide bonds. The number of carbonyl (C=O) groups is 1. The van der Waals surface area contributed by atoms with Crippen LogP contribution in [-0.2, 0) is 0 Å². The molecule has 2 aromatic heterocycles. The number of nitrogens with one attached hydrogen (secondary N) is 2. The standard InChI is InChI=1S/C12H17N5O.2ClH/c1-2-3-13-4-5-16-12(18)10-11-15-7-9-17(11)8-6-14-10;;/h6-9,13H,2-5H2,1H3,(H,16,18);2*1H. The molecule has 0 bridgehead atoms. The maximum absolute atomic E-state index is 11.9. The van der Waals surface area contributed by atoms with E-state index in [0.29, 0.717) is 17.9 Å². The normalized spacial score (nSPS) is 9.65. The van der Waals surface area contributed by atoms with Gasteiger partial charge in [0.05, 0.1) is 0 Å². The zero-order valence-electron chi connectivity index (χ0n) is 11.2. The molecule has 20 heavy (non-hydrogen) atoms. The maximum Gasteiger partial charge on any atom is 0.273 e. The molecule has 0 saturated heterocycles. The highest BCUT2D eigenvalue weighted by Gasteiger charge is 2.12. The first kappa shape index (κ1) is 18.6. The molecule has 0 aliphatic carbocycles. The molecule has 2 aromatic rings. The lowest BCUT2D eigenvalue weighted by Crippen LogP contribution is -2.32. The van der Waals surface area contributed by atoms with Crippen LogP contribution in [0, 0.1) is 0 Å². The summed E-state index contributed by atoms with van der Waals surface area (Å²) in [5.41, 5.74) is 0.939. The Bertz CT molecular complexity index is 531. The van der Waals surface area contributed by atoms with E-state index < -0.39 is 0 Å². The molecule has 0 spiro atoms. The molecule has 8 heteroatoms. The molecule has 2 heterocycles. The highest BCUT2D eigenvalue weighted by Crippen LogP contribution is 2.04. The van der Waals surface area contributed by atoms with E-state index in [1.54, 1.807) is 29.2 Å². The first-order chi connectivity index (χ1) is 8.83. The number of fused-ring (bicyclic) bond motifs is 1. The highest BCUT2D eigenvalue weighted by molar-refractivity contribution is 5.97. The van der Waals surface area contributed by atoms with Gasteiger partial charge >= 0.3 is 0 Å². The van der Waals surface area contributed by atoms with Crippen LogP contribution in [0.4, 0.5) is 0 Å². The van der Waals surface area contributed by atoms with Crippen molar-refractivity contribution in [3.8, 4) is 0 Å². The van der Waals surface area contributed by atoms with E-state index >= 15 is 0 Å². The lowest BCUT2D eigenvalue weighted by molar-refractivity contribution is 0.0950. The topological polar surface area (TPSA) is 71.3 Å². The Morgan fingerprint density at radius 2 is 1.85 bits per heavy atom. The number of hydrogen-bond acceptors (Lipinski definition) is 4. The van der Waals surface area contributed by atoms with Gasteiger partial charge in [-0.3, -0.25) is 4.79 Å². The van der Waals surface area contributed by atoms with Crippen LogP contribution in [0.25, 0.3) is 5.65 Å². The van der Waals surface area contributed by atoms with Gasteiger partial charge in [-0.25, -0.2) is 9.97 Å². The van der Waals surface area contributed by atoms with E-state index in [1.165, 1.54) is 0 Å². The fourth-order valence-electron chi connectivity index (χ4n) is 1.66. The summed E-state index contributed by atoms with van der Waals surface area (Å²) in [4.78, 5) is 20.1. The van der Waals surface area contributed by atoms with Crippen LogP contribution in [0.1, 0.15) is 23.8 Å². The molecule has 0 fully saturated rings. The van der Waals surface area contributed by atoms with E-state index in [4.69, 9.17) is 0 Å². The second-order valence-electron chi connectivity index (χ2n) is 3.94. The maximum atomic E-state index is 11.9. The third-order valence-corrected chi connectivity index (χ3v) is 2.54. The second kappa shape index (κ2) is 9.52. The summed E-state index contributed by atoms with van der Waals surface area (Å²) in [6.07, 6.45) is 7.89. The van der Waals surface area contributed by atoms with Gasteiger partial charge in [-0.1, -0.05) is 6.92 Å². The third-order valence-electron chi connectivity index (χ3n) is 2.54. The molecule has 0 atom stereocenters. The Labute approximate surface area is 130 Å². The molecular formula is C12H19Cl2N5O. The smallest absolute Gasteiger partial charge is 0.273 e. The molecule has 0 aliphatic rings. The Hall–Kier alpha value is -1.37. The average Bonchev–Trinajstić information content (AvgIpc) is 2.86. The van der Waals surface area contributed by atoms with Crippen molar-refractivity contribution in [3.63, 3.8) is 0 Å². The average molecular weight is 320 g/mol. The van der Waals surface area contributed by atoms with Crippen molar-refractivity contribution < 1.29 is 4.79 Å². The summed E-state index contributed by atoms with van der Waals surface area (Å²) in [6.45, 7) is 4.41. The minimum absolute atomic E-state index is 0. The number of amides is 1. The minimum Gasteiger partial charge on any atom is -0.349 e. The SMILES string of the molecule is CCCNCCNC(=O)c1nccn2ccnc12.Cl.Cl. The van der Waals surface area contributed by atoms with Crippen molar-refractivity contribution in [1.29, 1.82) is 0 Å². The lowest BCUT2D eigenvalue weighted by Gasteiger charge is -2.06. The van der Waals surface area contributed by atoms with Gasteiger partial charge in [0.25, 0.3) is 5.91 Å². The molecule has 0 aliphatic heterocycles. The molecule has 0 aromatic carbocycles. The van der Waals surface area contributed by atoms with Crippen molar-refractivity contribution in [2.45, 2.75) is 13.3 Å². The van der Waals surface area contributed by atoms with Crippen molar-refractivity contribution in [1.82, 2.24) is 25.0 Å². The van der Waals surface area contributed by atoms with Crippen molar-refractivity contribution >= 4 is 36.4 Å². The molecule has 0 radical (unpaired) electrons. The summed E-state index contributed by atoms with van der Waals surface area (Å²) in [6, 6.07) is 0. The van der Waals surface area contributed by atoms with E-state index in [1.807, 2.05) is 0 Å². The summed E-state index contributed by atoms with van der Waals surface area (Å²) in [5, 5.41) is 6.04. The van der Waals surface area contributed by atoms with Gasteiger partial charge in [-0.15, -0.1) is 24.8 Å².